The van der Waals surface area contributed by atoms with Gasteiger partial charge in [0.05, 0.1) is 6.04 Å². The van der Waals surface area contributed by atoms with Gasteiger partial charge in [0.25, 0.3) is 0 Å². The largest absolute Gasteiger partial charge is 0.508 e. The van der Waals surface area contributed by atoms with Crippen LogP contribution in [0.3, 0.4) is 0 Å². The van der Waals surface area contributed by atoms with Crippen molar-refractivity contribution >= 4 is 6.08 Å². The van der Waals surface area contributed by atoms with E-state index in [9.17, 15) is 9.90 Å². The molecule has 92 valence electrons. The number of aromatic hydroxyl groups is 1. The molecule has 0 spiro atoms. The minimum absolute atomic E-state index is 0.194. The molecule has 0 amide bonds. The topological polar surface area (TPSA) is 49.7 Å². The average Bonchev–Trinajstić information content (AvgIpc) is 2.21. The number of phenols is 1. The Morgan fingerprint density at radius 3 is 2.35 bits per heavy atom. The van der Waals surface area contributed by atoms with Gasteiger partial charge in [-0.3, -0.25) is 0 Å². The summed E-state index contributed by atoms with van der Waals surface area (Å²) in [5.41, 5.74) is 2.53. The van der Waals surface area contributed by atoms with Crippen molar-refractivity contribution in [1.82, 2.24) is 0 Å². The summed E-state index contributed by atoms with van der Waals surface area (Å²) in [6, 6.07) is 3.22. The summed E-state index contributed by atoms with van der Waals surface area (Å²) in [4.78, 5) is 14.5. The van der Waals surface area contributed by atoms with Crippen molar-refractivity contribution in [1.29, 1.82) is 0 Å². The van der Waals surface area contributed by atoms with Crippen molar-refractivity contribution < 1.29 is 9.90 Å². The highest BCUT2D eigenvalue weighted by molar-refractivity contribution is 5.47. The van der Waals surface area contributed by atoms with Gasteiger partial charge in [-0.1, -0.05) is 26.8 Å². The smallest absolute Gasteiger partial charge is 0.235 e. The number of aliphatic imine (C=N–C) groups is 1. The van der Waals surface area contributed by atoms with Crippen molar-refractivity contribution in [2.75, 3.05) is 0 Å². The van der Waals surface area contributed by atoms with E-state index in [4.69, 9.17) is 0 Å². The van der Waals surface area contributed by atoms with E-state index in [1.165, 1.54) is 0 Å². The van der Waals surface area contributed by atoms with Crippen LogP contribution in [0.5, 0.6) is 5.75 Å². The Kier molecular flexibility index (Phi) is 3.74. The van der Waals surface area contributed by atoms with Crippen molar-refractivity contribution in [3.8, 4) is 5.75 Å². The van der Waals surface area contributed by atoms with Crippen LogP contribution in [0.25, 0.3) is 0 Å². The molecule has 0 fully saturated rings. The first-order chi connectivity index (χ1) is 7.79. The minimum Gasteiger partial charge on any atom is -0.508 e. The fourth-order valence-electron chi connectivity index (χ4n) is 2.02. The predicted molar refractivity (Wildman–Crippen MR) is 67.9 cm³/mol. The molecule has 0 saturated heterocycles. The van der Waals surface area contributed by atoms with Crippen LogP contribution in [0.1, 0.15) is 43.5 Å². The number of benzene rings is 1. The standard InChI is InChI=1S/C14H19NO2/c1-9-6-7-11(17)10(2)12(9)13(15-8-16)14(3,4)5/h6-7,13,17H,1-5H3. The molecule has 0 aliphatic rings. The van der Waals surface area contributed by atoms with Gasteiger partial charge >= 0.3 is 0 Å². The highest BCUT2D eigenvalue weighted by atomic mass is 16.3. The van der Waals surface area contributed by atoms with E-state index >= 15 is 0 Å². The summed E-state index contributed by atoms with van der Waals surface area (Å²) in [6.45, 7) is 9.85. The Morgan fingerprint density at radius 1 is 1.29 bits per heavy atom. The van der Waals surface area contributed by atoms with Gasteiger partial charge < -0.3 is 5.11 Å². The SMILES string of the molecule is Cc1ccc(O)c(C)c1C(N=C=O)C(C)(C)C. The third-order valence-corrected chi connectivity index (χ3v) is 2.98. The molecule has 0 aromatic heterocycles. The lowest BCUT2D eigenvalue weighted by Crippen LogP contribution is -2.18. The fourth-order valence-corrected chi connectivity index (χ4v) is 2.02. The zero-order chi connectivity index (χ0) is 13.2. The van der Waals surface area contributed by atoms with Crippen LogP contribution in [-0.2, 0) is 4.79 Å². The molecule has 0 bridgehead atoms. The van der Waals surface area contributed by atoms with Gasteiger partial charge in [-0.05, 0) is 42.0 Å². The van der Waals surface area contributed by atoms with Crippen molar-refractivity contribution in [2.24, 2.45) is 10.4 Å². The second-order valence-electron chi connectivity index (χ2n) is 5.43. The first-order valence-corrected chi connectivity index (χ1v) is 5.65. The molecule has 3 heteroatoms. The molecule has 1 aromatic carbocycles. The normalized spacial score (nSPS) is 13.0. The Morgan fingerprint density at radius 2 is 1.88 bits per heavy atom. The lowest BCUT2D eigenvalue weighted by Gasteiger charge is -2.29. The van der Waals surface area contributed by atoms with Gasteiger partial charge in [-0.2, -0.15) is 4.99 Å². The summed E-state index contributed by atoms with van der Waals surface area (Å²) in [5, 5.41) is 9.77. The number of aryl methyl sites for hydroxylation is 1. The van der Waals surface area contributed by atoms with Crippen LogP contribution in [0.4, 0.5) is 0 Å². The van der Waals surface area contributed by atoms with E-state index in [1.807, 2.05) is 40.7 Å². The molecular formula is C14H19NO2. The van der Waals surface area contributed by atoms with E-state index < -0.39 is 0 Å². The van der Waals surface area contributed by atoms with Crippen LogP contribution in [-0.4, -0.2) is 11.2 Å². The van der Waals surface area contributed by atoms with Crippen molar-refractivity contribution in [2.45, 2.75) is 40.7 Å². The third-order valence-electron chi connectivity index (χ3n) is 2.98. The van der Waals surface area contributed by atoms with Crippen LogP contribution in [0.2, 0.25) is 0 Å². The van der Waals surface area contributed by atoms with Gasteiger partial charge in [0.2, 0.25) is 6.08 Å². The molecule has 0 saturated carbocycles. The zero-order valence-electron chi connectivity index (χ0n) is 11.0. The van der Waals surface area contributed by atoms with E-state index in [-0.39, 0.29) is 17.2 Å². The molecule has 0 radical (unpaired) electrons. The van der Waals surface area contributed by atoms with Crippen LogP contribution in [0.15, 0.2) is 17.1 Å². The Labute approximate surface area is 102 Å². The molecule has 0 heterocycles. The molecule has 1 N–H and O–H groups in total. The monoisotopic (exact) mass is 233 g/mol. The molecule has 0 aliphatic heterocycles. The zero-order valence-corrected chi connectivity index (χ0v) is 11.0. The van der Waals surface area contributed by atoms with E-state index in [0.717, 1.165) is 16.7 Å². The highest BCUT2D eigenvalue weighted by Gasteiger charge is 2.29. The molecule has 3 nitrogen and oxygen atoms in total. The summed E-state index contributed by atoms with van der Waals surface area (Å²) in [6.07, 6.45) is 1.64. The maximum Gasteiger partial charge on any atom is 0.235 e. The summed E-state index contributed by atoms with van der Waals surface area (Å²) < 4.78 is 0. The van der Waals surface area contributed by atoms with Gasteiger partial charge in [-0.25, -0.2) is 4.79 Å². The second-order valence-corrected chi connectivity index (χ2v) is 5.43. The predicted octanol–water partition coefficient (Wildman–Crippen LogP) is 3.43. The van der Waals surface area contributed by atoms with Crippen LogP contribution >= 0.6 is 0 Å². The highest BCUT2D eigenvalue weighted by Crippen LogP contribution is 2.40. The molecule has 1 rings (SSSR count). The quantitative estimate of drug-likeness (QED) is 0.628. The van der Waals surface area contributed by atoms with Gasteiger partial charge in [0, 0.05) is 0 Å². The first kappa shape index (κ1) is 13.5. The van der Waals surface area contributed by atoms with Crippen molar-refractivity contribution in [3.05, 3.63) is 28.8 Å². The molecule has 1 aromatic rings. The van der Waals surface area contributed by atoms with Gasteiger partial charge in [0.1, 0.15) is 5.75 Å². The number of hydrogen-bond acceptors (Lipinski definition) is 3. The number of isocyanates is 1. The van der Waals surface area contributed by atoms with Crippen LogP contribution in [0, 0.1) is 19.3 Å². The van der Waals surface area contributed by atoms with Crippen LogP contribution < -0.4 is 0 Å². The maximum absolute atomic E-state index is 10.6. The number of hydrogen-bond donors (Lipinski definition) is 1. The minimum atomic E-state index is -0.285. The van der Waals surface area contributed by atoms with Gasteiger partial charge in [-0.15, -0.1) is 0 Å². The van der Waals surface area contributed by atoms with E-state index in [1.54, 1.807) is 12.1 Å². The molecule has 1 atom stereocenters. The molecule has 0 aliphatic carbocycles. The average molecular weight is 233 g/mol. The summed E-state index contributed by atoms with van der Waals surface area (Å²) >= 11 is 0. The van der Waals surface area contributed by atoms with E-state index in [2.05, 4.69) is 4.99 Å². The van der Waals surface area contributed by atoms with E-state index in [0.29, 0.717) is 0 Å². The Balaban J connectivity index is 3.48. The number of rotatable bonds is 2. The Bertz CT molecular complexity index is 466. The third kappa shape index (κ3) is 2.75. The lowest BCUT2D eigenvalue weighted by atomic mass is 9.79. The molecule has 17 heavy (non-hydrogen) atoms. The molecular weight excluding hydrogens is 214 g/mol. The second kappa shape index (κ2) is 4.72. The summed E-state index contributed by atoms with van der Waals surface area (Å²) in [5.74, 6) is 0.237. The van der Waals surface area contributed by atoms with Crippen molar-refractivity contribution in [3.63, 3.8) is 0 Å². The Hall–Kier alpha value is -1.60. The maximum atomic E-state index is 10.6. The summed E-state index contributed by atoms with van der Waals surface area (Å²) in [7, 11) is 0. The first-order valence-electron chi connectivity index (χ1n) is 5.65. The number of carbonyl (C=O) groups excluding carboxylic acids is 1. The van der Waals surface area contributed by atoms with Gasteiger partial charge in [0.15, 0.2) is 0 Å². The molecule has 1 unspecified atom stereocenters. The number of nitrogens with zero attached hydrogens (tertiary/aromatic N) is 1. The number of phenolic OH excluding ortho intramolecular Hbond substituents is 1. The fraction of sp³-hybridized carbons (Fsp3) is 0.500. The lowest BCUT2D eigenvalue weighted by molar-refractivity contribution is 0.324.